The van der Waals surface area contributed by atoms with Gasteiger partial charge in [-0.2, -0.15) is 24.9 Å². The average Bonchev–Trinajstić information content (AvgIpc) is 2.37. The number of hydrogen-bond acceptors (Lipinski definition) is 3. The Morgan fingerprint density at radius 1 is 1.11 bits per heavy atom. The van der Waals surface area contributed by atoms with Crippen molar-refractivity contribution in [1.29, 1.82) is 0 Å². The number of rotatable bonds is 4. The number of halogens is 3. The Morgan fingerprint density at radius 2 is 1.84 bits per heavy atom. The fraction of sp³-hybridized carbons (Fsp3) is 1.00. The quantitative estimate of drug-likeness (QED) is 0.859. The number of nitrogens with one attached hydrogen (secondary N) is 1. The lowest BCUT2D eigenvalue weighted by molar-refractivity contribution is -0.148. The summed E-state index contributed by atoms with van der Waals surface area (Å²) in [5.41, 5.74) is 0. The zero-order valence-corrected chi connectivity index (χ0v) is 12.0. The van der Waals surface area contributed by atoms with Crippen molar-refractivity contribution in [2.24, 2.45) is 0 Å². The fourth-order valence-electron chi connectivity index (χ4n) is 2.82. The number of nitrogens with zero attached hydrogens (tertiary/aromatic N) is 1. The van der Waals surface area contributed by atoms with Gasteiger partial charge in [0.2, 0.25) is 0 Å². The number of alkyl halides is 3. The second-order valence-corrected chi connectivity index (χ2v) is 6.97. The number of thioether (sulfide) groups is 1. The number of hydrogen-bond donors (Lipinski definition) is 1. The van der Waals surface area contributed by atoms with Gasteiger partial charge in [0.1, 0.15) is 0 Å². The maximum Gasteiger partial charge on any atom is 0.401 e. The summed E-state index contributed by atoms with van der Waals surface area (Å²) >= 11 is 2.04. The summed E-state index contributed by atoms with van der Waals surface area (Å²) < 4.78 is 36.8. The smallest absolute Gasteiger partial charge is 0.313 e. The molecule has 2 heterocycles. The molecule has 2 aliphatic rings. The van der Waals surface area contributed by atoms with Crippen LogP contribution in [-0.2, 0) is 0 Å². The topological polar surface area (TPSA) is 15.3 Å². The normalized spacial score (nSPS) is 27.6. The minimum atomic E-state index is -4.06. The van der Waals surface area contributed by atoms with Gasteiger partial charge in [-0.3, -0.25) is 4.90 Å². The molecule has 0 bridgehead atoms. The molecule has 0 radical (unpaired) electrons. The molecule has 6 heteroatoms. The minimum Gasteiger partial charge on any atom is -0.313 e. The van der Waals surface area contributed by atoms with Gasteiger partial charge in [-0.15, -0.1) is 0 Å². The highest BCUT2D eigenvalue weighted by molar-refractivity contribution is 7.99. The Labute approximate surface area is 117 Å². The highest BCUT2D eigenvalue weighted by Crippen LogP contribution is 2.25. The van der Waals surface area contributed by atoms with Crippen LogP contribution in [0, 0.1) is 0 Å². The van der Waals surface area contributed by atoms with E-state index in [0.717, 1.165) is 19.4 Å². The molecule has 0 amide bonds. The zero-order chi connectivity index (χ0) is 13.7. The molecule has 2 saturated heterocycles. The summed E-state index contributed by atoms with van der Waals surface area (Å²) in [7, 11) is 0. The van der Waals surface area contributed by atoms with Crippen LogP contribution in [0.4, 0.5) is 13.2 Å². The first-order valence-electron chi connectivity index (χ1n) is 7.17. The summed E-state index contributed by atoms with van der Waals surface area (Å²) in [5.74, 6) is 1.26. The van der Waals surface area contributed by atoms with Crippen LogP contribution in [0.3, 0.4) is 0 Å². The van der Waals surface area contributed by atoms with Crippen molar-refractivity contribution < 1.29 is 13.2 Å². The molecule has 112 valence electrons. The van der Waals surface area contributed by atoms with Crippen LogP contribution in [0.25, 0.3) is 0 Å². The molecule has 1 atom stereocenters. The molecule has 1 unspecified atom stereocenters. The number of piperidine rings is 1. The largest absolute Gasteiger partial charge is 0.401 e. The minimum absolute atomic E-state index is 0.409. The van der Waals surface area contributed by atoms with E-state index in [1.165, 1.54) is 29.9 Å². The first-order valence-corrected chi connectivity index (χ1v) is 8.22. The Morgan fingerprint density at radius 3 is 2.42 bits per heavy atom. The van der Waals surface area contributed by atoms with Crippen LogP contribution in [-0.4, -0.2) is 54.3 Å². The van der Waals surface area contributed by atoms with Gasteiger partial charge in [0.15, 0.2) is 0 Å². The van der Waals surface area contributed by atoms with Crippen molar-refractivity contribution in [1.82, 2.24) is 10.2 Å². The second-order valence-electron chi connectivity index (χ2n) is 5.56. The van der Waals surface area contributed by atoms with Gasteiger partial charge < -0.3 is 5.32 Å². The summed E-state index contributed by atoms with van der Waals surface area (Å²) in [6, 6.07) is 0.409. The average molecular weight is 296 g/mol. The Kier molecular flexibility index (Phi) is 5.84. The maximum atomic E-state index is 12.3. The Hall–Kier alpha value is 0.0600. The molecule has 2 fully saturated rings. The van der Waals surface area contributed by atoms with E-state index in [9.17, 15) is 13.2 Å². The molecule has 1 N–H and O–H groups in total. The molecule has 0 saturated carbocycles. The van der Waals surface area contributed by atoms with Crippen LogP contribution >= 0.6 is 11.8 Å². The lowest BCUT2D eigenvalue weighted by Crippen LogP contribution is -2.46. The molecule has 2 aliphatic heterocycles. The predicted octanol–water partition coefficient (Wildman–Crippen LogP) is 2.89. The fourth-order valence-corrected chi connectivity index (χ4v) is 4.07. The third kappa shape index (κ3) is 5.92. The van der Waals surface area contributed by atoms with Gasteiger partial charge in [0, 0.05) is 17.8 Å². The van der Waals surface area contributed by atoms with Crippen LogP contribution < -0.4 is 5.32 Å². The van der Waals surface area contributed by atoms with Crippen LogP contribution in [0.15, 0.2) is 0 Å². The molecule has 0 spiro atoms. The van der Waals surface area contributed by atoms with Gasteiger partial charge in [-0.05, 0) is 44.5 Å². The van der Waals surface area contributed by atoms with E-state index < -0.39 is 12.7 Å². The van der Waals surface area contributed by atoms with E-state index in [1.54, 1.807) is 0 Å². The van der Waals surface area contributed by atoms with Crippen LogP contribution in [0.5, 0.6) is 0 Å². The molecular formula is C13H23F3N2S. The van der Waals surface area contributed by atoms with E-state index in [4.69, 9.17) is 0 Å². The van der Waals surface area contributed by atoms with E-state index in [-0.39, 0.29) is 0 Å². The van der Waals surface area contributed by atoms with Crippen LogP contribution in [0.2, 0.25) is 0 Å². The molecule has 0 aromatic rings. The predicted molar refractivity (Wildman–Crippen MR) is 73.6 cm³/mol. The van der Waals surface area contributed by atoms with E-state index in [0.29, 0.717) is 24.4 Å². The van der Waals surface area contributed by atoms with E-state index in [2.05, 4.69) is 5.32 Å². The van der Waals surface area contributed by atoms with Crippen molar-refractivity contribution >= 4 is 11.8 Å². The first-order chi connectivity index (χ1) is 9.03. The lowest BCUT2D eigenvalue weighted by Gasteiger charge is -2.33. The molecule has 2 nitrogen and oxygen atoms in total. The monoisotopic (exact) mass is 296 g/mol. The van der Waals surface area contributed by atoms with Crippen molar-refractivity contribution in [3.05, 3.63) is 0 Å². The van der Waals surface area contributed by atoms with Crippen molar-refractivity contribution in [2.45, 2.75) is 49.6 Å². The van der Waals surface area contributed by atoms with Crippen molar-refractivity contribution in [2.75, 3.05) is 31.9 Å². The molecule has 0 aromatic carbocycles. The maximum absolute atomic E-state index is 12.3. The summed E-state index contributed by atoms with van der Waals surface area (Å²) in [5, 5.41) is 4.26. The standard InChI is InChI=1S/C13H23F3N2S/c14-13(15,16)10-18-6-4-11(5-7-18)17-9-12-3-1-2-8-19-12/h11-12,17H,1-10H2. The van der Waals surface area contributed by atoms with E-state index >= 15 is 0 Å². The lowest BCUT2D eigenvalue weighted by atomic mass is 10.0. The van der Waals surface area contributed by atoms with Gasteiger partial charge in [-0.25, -0.2) is 0 Å². The second kappa shape index (κ2) is 7.18. The Bertz CT molecular complexity index is 259. The van der Waals surface area contributed by atoms with Crippen molar-refractivity contribution in [3.8, 4) is 0 Å². The Balaban J connectivity index is 1.60. The highest BCUT2D eigenvalue weighted by atomic mass is 32.2. The van der Waals surface area contributed by atoms with Crippen LogP contribution in [0.1, 0.15) is 32.1 Å². The SMILES string of the molecule is FC(F)(F)CN1CCC(NCC2CCCCS2)CC1. The first kappa shape index (κ1) is 15.4. The zero-order valence-electron chi connectivity index (χ0n) is 11.2. The van der Waals surface area contributed by atoms with E-state index in [1.807, 2.05) is 11.8 Å². The molecule has 2 rings (SSSR count). The van der Waals surface area contributed by atoms with Crippen molar-refractivity contribution in [3.63, 3.8) is 0 Å². The highest BCUT2D eigenvalue weighted by Gasteiger charge is 2.32. The van der Waals surface area contributed by atoms with Gasteiger partial charge in [0.05, 0.1) is 6.54 Å². The summed E-state index contributed by atoms with van der Waals surface area (Å²) in [4.78, 5) is 1.52. The van der Waals surface area contributed by atoms with Gasteiger partial charge >= 0.3 is 6.18 Å². The summed E-state index contributed by atoms with van der Waals surface area (Å²) in [6.07, 6.45) is 1.56. The third-order valence-electron chi connectivity index (χ3n) is 3.90. The van der Waals surface area contributed by atoms with Gasteiger partial charge in [-0.1, -0.05) is 6.42 Å². The van der Waals surface area contributed by atoms with Gasteiger partial charge in [0.25, 0.3) is 0 Å². The molecule has 19 heavy (non-hydrogen) atoms. The molecule has 0 aromatic heterocycles. The third-order valence-corrected chi connectivity index (χ3v) is 5.30. The summed E-state index contributed by atoms with van der Waals surface area (Å²) in [6.45, 7) is 1.40. The number of likely N-dealkylation sites (tertiary alicyclic amines) is 1. The molecule has 0 aliphatic carbocycles. The molecular weight excluding hydrogens is 273 g/mol.